The van der Waals surface area contributed by atoms with Gasteiger partial charge in [0.2, 0.25) is 0 Å². The van der Waals surface area contributed by atoms with Crippen LogP contribution >= 0.6 is 11.9 Å². The van der Waals surface area contributed by atoms with E-state index in [4.69, 9.17) is 5.73 Å². The van der Waals surface area contributed by atoms with E-state index in [1.165, 1.54) is 18.7 Å². The molecule has 1 rings (SSSR count). The summed E-state index contributed by atoms with van der Waals surface area (Å²) in [7, 11) is 0. The van der Waals surface area contributed by atoms with E-state index in [1.807, 2.05) is 11.9 Å². The lowest BCUT2D eigenvalue weighted by molar-refractivity contribution is 0.506. The fourth-order valence-corrected chi connectivity index (χ4v) is 1.83. The average Bonchev–Trinajstić information content (AvgIpc) is 2.19. The number of nitrogens with two attached hydrogens (primary N) is 1. The molecule has 1 heterocycles. The van der Waals surface area contributed by atoms with Gasteiger partial charge >= 0.3 is 0 Å². The molecule has 1 fully saturated rings. The van der Waals surface area contributed by atoms with Gasteiger partial charge in [0.1, 0.15) is 0 Å². The molecular formula is C5H12N2S. The largest absolute Gasteiger partial charge is 0.329 e. The maximum absolute atomic E-state index is 5.35. The van der Waals surface area contributed by atoms with Gasteiger partial charge in [-0.15, -0.1) is 0 Å². The zero-order valence-corrected chi connectivity index (χ0v) is 5.78. The Bertz CT molecular complexity index is 61.4. The maximum atomic E-state index is 5.35. The van der Waals surface area contributed by atoms with Gasteiger partial charge in [0, 0.05) is 25.4 Å². The summed E-state index contributed by atoms with van der Waals surface area (Å²) in [6, 6.07) is 0. The van der Waals surface area contributed by atoms with Crippen LogP contribution in [0.4, 0.5) is 0 Å². The van der Waals surface area contributed by atoms with Gasteiger partial charge in [0.05, 0.1) is 0 Å². The average molecular weight is 132 g/mol. The predicted molar refractivity (Wildman–Crippen MR) is 37.7 cm³/mol. The molecule has 1 aliphatic heterocycles. The topological polar surface area (TPSA) is 29.3 Å². The zero-order valence-electron chi connectivity index (χ0n) is 4.97. The molecule has 0 aromatic carbocycles. The van der Waals surface area contributed by atoms with Crippen molar-refractivity contribution in [2.45, 2.75) is 6.42 Å². The Morgan fingerprint density at radius 1 is 1.62 bits per heavy atom. The highest BCUT2D eigenvalue weighted by Gasteiger charge is 2.09. The lowest BCUT2D eigenvalue weighted by Gasteiger charge is -2.09. The van der Waals surface area contributed by atoms with Gasteiger partial charge < -0.3 is 5.73 Å². The minimum atomic E-state index is 0.799. The van der Waals surface area contributed by atoms with Gasteiger partial charge in [-0.2, -0.15) is 0 Å². The van der Waals surface area contributed by atoms with E-state index >= 15 is 0 Å². The van der Waals surface area contributed by atoms with E-state index in [0.29, 0.717) is 0 Å². The van der Waals surface area contributed by atoms with Gasteiger partial charge in [-0.3, -0.25) is 0 Å². The molecule has 0 saturated carbocycles. The molecule has 0 amide bonds. The van der Waals surface area contributed by atoms with Crippen LogP contribution in [-0.4, -0.2) is 29.7 Å². The molecule has 1 saturated heterocycles. The van der Waals surface area contributed by atoms with Crippen LogP contribution in [0.2, 0.25) is 0 Å². The Kier molecular flexibility index (Phi) is 2.66. The number of hydrogen-bond acceptors (Lipinski definition) is 3. The molecule has 3 heteroatoms. The van der Waals surface area contributed by atoms with Gasteiger partial charge in [-0.25, -0.2) is 4.31 Å². The Labute approximate surface area is 54.6 Å². The van der Waals surface area contributed by atoms with Crippen LogP contribution in [-0.2, 0) is 0 Å². The van der Waals surface area contributed by atoms with Gasteiger partial charge in [0.15, 0.2) is 0 Å². The normalized spacial score (nSPS) is 22.1. The SMILES string of the molecule is NCCN1CCCS1. The van der Waals surface area contributed by atoms with Crippen LogP contribution in [0.25, 0.3) is 0 Å². The minimum Gasteiger partial charge on any atom is -0.329 e. The smallest absolute Gasteiger partial charge is 0.0212 e. The van der Waals surface area contributed by atoms with Crippen molar-refractivity contribution in [1.29, 1.82) is 0 Å². The third kappa shape index (κ3) is 1.65. The van der Waals surface area contributed by atoms with E-state index in [0.717, 1.165) is 13.1 Å². The molecule has 2 N–H and O–H groups in total. The Hall–Kier alpha value is 0.270. The van der Waals surface area contributed by atoms with E-state index in [9.17, 15) is 0 Å². The van der Waals surface area contributed by atoms with Crippen molar-refractivity contribution >= 4 is 11.9 Å². The van der Waals surface area contributed by atoms with Crippen LogP contribution in [0.15, 0.2) is 0 Å². The van der Waals surface area contributed by atoms with Crippen molar-refractivity contribution < 1.29 is 0 Å². The summed E-state index contributed by atoms with van der Waals surface area (Å²) in [5, 5.41) is 0. The van der Waals surface area contributed by atoms with Gasteiger partial charge in [-0.1, -0.05) is 11.9 Å². The van der Waals surface area contributed by atoms with Crippen LogP contribution in [0, 0.1) is 0 Å². The Balaban J connectivity index is 2.06. The van der Waals surface area contributed by atoms with Crippen molar-refractivity contribution in [1.82, 2.24) is 4.31 Å². The van der Waals surface area contributed by atoms with E-state index in [2.05, 4.69) is 4.31 Å². The third-order valence-electron chi connectivity index (χ3n) is 1.20. The standard InChI is InChI=1S/C5H12N2S/c6-2-4-7-3-1-5-8-7/h1-6H2. The summed E-state index contributed by atoms with van der Waals surface area (Å²) < 4.78 is 2.33. The van der Waals surface area contributed by atoms with E-state index in [-0.39, 0.29) is 0 Å². The first kappa shape index (κ1) is 6.39. The van der Waals surface area contributed by atoms with Crippen molar-refractivity contribution in [2.24, 2.45) is 5.73 Å². The highest BCUT2D eigenvalue weighted by atomic mass is 32.2. The monoisotopic (exact) mass is 132 g/mol. The van der Waals surface area contributed by atoms with E-state index < -0.39 is 0 Å². The van der Waals surface area contributed by atoms with E-state index in [1.54, 1.807) is 0 Å². The lowest BCUT2D eigenvalue weighted by atomic mass is 10.5. The molecule has 48 valence electrons. The van der Waals surface area contributed by atoms with Crippen molar-refractivity contribution in [3.05, 3.63) is 0 Å². The summed E-state index contributed by atoms with van der Waals surface area (Å²) in [5.41, 5.74) is 5.35. The lowest BCUT2D eigenvalue weighted by Crippen LogP contribution is -2.20. The Morgan fingerprint density at radius 3 is 3.00 bits per heavy atom. The van der Waals surface area contributed by atoms with Crippen LogP contribution < -0.4 is 5.73 Å². The fraction of sp³-hybridized carbons (Fsp3) is 1.00. The van der Waals surface area contributed by atoms with Crippen molar-refractivity contribution in [2.75, 3.05) is 25.4 Å². The molecule has 0 atom stereocenters. The molecule has 2 nitrogen and oxygen atoms in total. The fourth-order valence-electron chi connectivity index (χ4n) is 0.819. The second-order valence-electron chi connectivity index (χ2n) is 1.90. The second-order valence-corrected chi connectivity index (χ2v) is 3.09. The summed E-state index contributed by atoms with van der Waals surface area (Å²) in [6.07, 6.45) is 1.34. The second kappa shape index (κ2) is 3.33. The molecule has 0 spiro atoms. The minimum absolute atomic E-state index is 0.799. The van der Waals surface area contributed by atoms with Gasteiger partial charge in [0.25, 0.3) is 0 Å². The summed E-state index contributed by atoms with van der Waals surface area (Å²) >= 11 is 1.92. The highest BCUT2D eigenvalue weighted by molar-refractivity contribution is 7.97. The highest BCUT2D eigenvalue weighted by Crippen LogP contribution is 2.17. The zero-order chi connectivity index (χ0) is 5.82. The van der Waals surface area contributed by atoms with Crippen LogP contribution in [0.1, 0.15) is 6.42 Å². The molecule has 0 bridgehead atoms. The molecule has 0 aromatic heterocycles. The van der Waals surface area contributed by atoms with Crippen molar-refractivity contribution in [3.63, 3.8) is 0 Å². The maximum Gasteiger partial charge on any atom is 0.0212 e. The molecule has 8 heavy (non-hydrogen) atoms. The summed E-state index contributed by atoms with van der Waals surface area (Å²) in [5.74, 6) is 1.29. The number of hydrogen-bond donors (Lipinski definition) is 1. The summed E-state index contributed by atoms with van der Waals surface area (Å²) in [4.78, 5) is 0. The van der Waals surface area contributed by atoms with Crippen LogP contribution in [0.3, 0.4) is 0 Å². The molecule has 1 aliphatic rings. The quantitative estimate of drug-likeness (QED) is 0.548. The number of nitrogens with zero attached hydrogens (tertiary/aromatic N) is 1. The van der Waals surface area contributed by atoms with Gasteiger partial charge in [-0.05, 0) is 6.42 Å². The first-order valence-electron chi connectivity index (χ1n) is 3.01. The molecule has 0 radical (unpaired) electrons. The first-order chi connectivity index (χ1) is 3.93. The Morgan fingerprint density at radius 2 is 2.50 bits per heavy atom. The number of rotatable bonds is 2. The van der Waals surface area contributed by atoms with Crippen LogP contribution in [0.5, 0.6) is 0 Å². The first-order valence-corrected chi connectivity index (χ1v) is 3.95. The molecule has 0 aliphatic carbocycles. The third-order valence-corrected chi connectivity index (χ3v) is 2.41. The molecule has 0 aromatic rings. The predicted octanol–water partition coefficient (Wildman–Crippen LogP) is 0.299. The van der Waals surface area contributed by atoms with Crippen molar-refractivity contribution in [3.8, 4) is 0 Å². The summed E-state index contributed by atoms with van der Waals surface area (Å²) in [6.45, 7) is 3.10. The molecule has 0 unspecified atom stereocenters. The molecular weight excluding hydrogens is 120 g/mol.